The zero-order valence-electron chi connectivity index (χ0n) is 17.0. The van der Waals surface area contributed by atoms with Gasteiger partial charge in [0.25, 0.3) is 0 Å². The number of rotatable bonds is 9. The standard InChI is InChI=1S/C22H34N2O3/c1-4-9-21(25)24(16-17-12-14-19(27-3)15-13-17)20(5-2)22(26)23-18-10-7-6-8-11-18/h12-15,18,20H,4-11,16H2,1-3H3,(H,23,26). The molecule has 1 aromatic carbocycles. The molecule has 1 fully saturated rings. The molecule has 0 radical (unpaired) electrons. The highest BCUT2D eigenvalue weighted by atomic mass is 16.5. The van der Waals surface area contributed by atoms with E-state index in [4.69, 9.17) is 4.74 Å². The molecule has 1 unspecified atom stereocenters. The van der Waals surface area contributed by atoms with Gasteiger partial charge in [0, 0.05) is 19.0 Å². The van der Waals surface area contributed by atoms with Crippen molar-refractivity contribution in [3.8, 4) is 5.75 Å². The Morgan fingerprint density at radius 2 is 1.81 bits per heavy atom. The molecule has 1 aliphatic rings. The Morgan fingerprint density at radius 3 is 2.37 bits per heavy atom. The first-order valence-electron chi connectivity index (χ1n) is 10.3. The van der Waals surface area contributed by atoms with E-state index in [0.29, 0.717) is 19.4 Å². The monoisotopic (exact) mass is 374 g/mol. The van der Waals surface area contributed by atoms with Gasteiger partial charge in [0.05, 0.1) is 7.11 Å². The van der Waals surface area contributed by atoms with Crippen LogP contribution in [0.1, 0.15) is 70.8 Å². The van der Waals surface area contributed by atoms with E-state index < -0.39 is 6.04 Å². The van der Waals surface area contributed by atoms with E-state index in [9.17, 15) is 9.59 Å². The van der Waals surface area contributed by atoms with E-state index in [1.54, 1.807) is 12.0 Å². The first-order chi connectivity index (χ1) is 13.1. The predicted molar refractivity (Wildman–Crippen MR) is 108 cm³/mol. The minimum absolute atomic E-state index is 0.0117. The van der Waals surface area contributed by atoms with Gasteiger partial charge in [-0.1, -0.05) is 45.2 Å². The fraction of sp³-hybridized carbons (Fsp3) is 0.636. The second-order valence-corrected chi connectivity index (χ2v) is 7.39. The molecule has 1 saturated carbocycles. The number of hydrogen-bond donors (Lipinski definition) is 1. The van der Waals surface area contributed by atoms with Crippen LogP contribution in [-0.4, -0.2) is 35.9 Å². The van der Waals surface area contributed by atoms with Crippen LogP contribution < -0.4 is 10.1 Å². The molecule has 0 aromatic heterocycles. The van der Waals surface area contributed by atoms with Crippen LogP contribution in [-0.2, 0) is 16.1 Å². The summed E-state index contributed by atoms with van der Waals surface area (Å²) in [6.07, 6.45) is 7.54. The summed E-state index contributed by atoms with van der Waals surface area (Å²) in [5.41, 5.74) is 1.00. The molecule has 1 aromatic rings. The van der Waals surface area contributed by atoms with Gasteiger partial charge >= 0.3 is 0 Å². The lowest BCUT2D eigenvalue weighted by Crippen LogP contribution is -2.51. The third-order valence-corrected chi connectivity index (χ3v) is 5.31. The topological polar surface area (TPSA) is 58.6 Å². The SMILES string of the molecule is CCCC(=O)N(Cc1ccc(OC)cc1)C(CC)C(=O)NC1CCCCC1. The summed E-state index contributed by atoms with van der Waals surface area (Å²) < 4.78 is 5.21. The van der Waals surface area contributed by atoms with Gasteiger partial charge < -0.3 is 15.0 Å². The minimum atomic E-state index is -0.423. The van der Waals surface area contributed by atoms with Crippen molar-refractivity contribution in [2.45, 2.75) is 83.8 Å². The fourth-order valence-electron chi connectivity index (χ4n) is 3.75. The lowest BCUT2D eigenvalue weighted by atomic mass is 9.95. The number of carbonyl (C=O) groups excluding carboxylic acids is 2. The van der Waals surface area contributed by atoms with E-state index in [1.165, 1.54) is 19.3 Å². The summed E-state index contributed by atoms with van der Waals surface area (Å²) in [6.45, 7) is 4.41. The summed E-state index contributed by atoms with van der Waals surface area (Å²) in [4.78, 5) is 27.5. The van der Waals surface area contributed by atoms with Crippen molar-refractivity contribution in [3.05, 3.63) is 29.8 Å². The summed E-state index contributed by atoms with van der Waals surface area (Å²) in [5.74, 6) is 0.814. The summed E-state index contributed by atoms with van der Waals surface area (Å²) in [7, 11) is 1.63. The third-order valence-electron chi connectivity index (χ3n) is 5.31. The first-order valence-corrected chi connectivity index (χ1v) is 10.3. The molecule has 2 amide bonds. The maximum absolute atomic E-state index is 13.0. The van der Waals surface area contributed by atoms with Gasteiger partial charge in [0.2, 0.25) is 11.8 Å². The average molecular weight is 375 g/mol. The largest absolute Gasteiger partial charge is 0.497 e. The van der Waals surface area contributed by atoms with Gasteiger partial charge in [-0.2, -0.15) is 0 Å². The van der Waals surface area contributed by atoms with Crippen LogP contribution in [0.3, 0.4) is 0 Å². The van der Waals surface area contributed by atoms with Crippen molar-refractivity contribution in [3.63, 3.8) is 0 Å². The number of benzene rings is 1. The van der Waals surface area contributed by atoms with E-state index in [1.807, 2.05) is 38.1 Å². The van der Waals surface area contributed by atoms with Crippen LogP contribution in [0.4, 0.5) is 0 Å². The smallest absolute Gasteiger partial charge is 0.243 e. The Morgan fingerprint density at radius 1 is 1.15 bits per heavy atom. The molecule has 150 valence electrons. The van der Waals surface area contributed by atoms with E-state index in [2.05, 4.69) is 5.32 Å². The summed E-state index contributed by atoms with van der Waals surface area (Å²) >= 11 is 0. The van der Waals surface area contributed by atoms with E-state index in [-0.39, 0.29) is 17.9 Å². The van der Waals surface area contributed by atoms with E-state index in [0.717, 1.165) is 30.6 Å². The molecular formula is C22H34N2O3. The Kier molecular flexibility index (Phi) is 8.62. The van der Waals surface area contributed by atoms with E-state index >= 15 is 0 Å². The van der Waals surface area contributed by atoms with Gasteiger partial charge in [-0.3, -0.25) is 9.59 Å². The van der Waals surface area contributed by atoms with Crippen LogP contribution in [0.5, 0.6) is 5.75 Å². The highest BCUT2D eigenvalue weighted by molar-refractivity contribution is 5.87. The lowest BCUT2D eigenvalue weighted by Gasteiger charge is -2.32. The number of carbonyl (C=O) groups is 2. The number of nitrogens with zero attached hydrogens (tertiary/aromatic N) is 1. The number of amides is 2. The fourth-order valence-corrected chi connectivity index (χ4v) is 3.75. The van der Waals surface area contributed by atoms with Crippen molar-refractivity contribution in [1.29, 1.82) is 0 Å². The molecule has 5 heteroatoms. The third kappa shape index (κ3) is 6.26. The van der Waals surface area contributed by atoms with Crippen LogP contribution in [0, 0.1) is 0 Å². The Labute approximate surface area is 163 Å². The lowest BCUT2D eigenvalue weighted by molar-refractivity contribution is -0.141. The quantitative estimate of drug-likeness (QED) is 0.709. The van der Waals surface area contributed by atoms with Crippen molar-refractivity contribution < 1.29 is 14.3 Å². The molecule has 0 heterocycles. The van der Waals surface area contributed by atoms with Crippen molar-refractivity contribution in [2.75, 3.05) is 7.11 Å². The molecule has 0 saturated heterocycles. The highest BCUT2D eigenvalue weighted by Crippen LogP contribution is 2.20. The highest BCUT2D eigenvalue weighted by Gasteiger charge is 2.29. The van der Waals surface area contributed by atoms with Crippen molar-refractivity contribution in [2.24, 2.45) is 0 Å². The Balaban J connectivity index is 2.12. The molecule has 2 rings (SSSR count). The van der Waals surface area contributed by atoms with Crippen molar-refractivity contribution >= 4 is 11.8 Å². The van der Waals surface area contributed by atoms with Gasteiger partial charge in [0.1, 0.15) is 11.8 Å². The molecule has 1 N–H and O–H groups in total. The molecule has 5 nitrogen and oxygen atoms in total. The Bertz CT molecular complexity index is 594. The molecule has 1 atom stereocenters. The second kappa shape index (κ2) is 11.0. The molecule has 1 aliphatic carbocycles. The maximum atomic E-state index is 13.0. The molecule has 0 aliphatic heterocycles. The summed E-state index contributed by atoms with van der Waals surface area (Å²) in [5, 5.41) is 3.20. The van der Waals surface area contributed by atoms with Crippen LogP contribution in [0.25, 0.3) is 0 Å². The zero-order chi connectivity index (χ0) is 19.6. The van der Waals surface area contributed by atoms with Crippen LogP contribution in [0.15, 0.2) is 24.3 Å². The van der Waals surface area contributed by atoms with Gasteiger partial charge in [0.15, 0.2) is 0 Å². The zero-order valence-corrected chi connectivity index (χ0v) is 17.0. The van der Waals surface area contributed by atoms with Crippen LogP contribution >= 0.6 is 0 Å². The summed E-state index contributed by atoms with van der Waals surface area (Å²) in [6, 6.07) is 7.52. The van der Waals surface area contributed by atoms with Gasteiger partial charge in [-0.15, -0.1) is 0 Å². The molecule has 27 heavy (non-hydrogen) atoms. The van der Waals surface area contributed by atoms with Gasteiger partial charge in [-0.05, 0) is 43.4 Å². The molecule has 0 bridgehead atoms. The molecule has 0 spiro atoms. The number of hydrogen-bond acceptors (Lipinski definition) is 3. The Hall–Kier alpha value is -2.04. The number of ether oxygens (including phenoxy) is 1. The number of nitrogens with one attached hydrogen (secondary N) is 1. The minimum Gasteiger partial charge on any atom is -0.497 e. The first kappa shape index (κ1) is 21.3. The van der Waals surface area contributed by atoms with Crippen LogP contribution in [0.2, 0.25) is 0 Å². The number of methoxy groups -OCH3 is 1. The van der Waals surface area contributed by atoms with Crippen molar-refractivity contribution in [1.82, 2.24) is 10.2 Å². The van der Waals surface area contributed by atoms with Gasteiger partial charge in [-0.25, -0.2) is 0 Å². The normalized spacial score (nSPS) is 15.8. The molecular weight excluding hydrogens is 340 g/mol. The second-order valence-electron chi connectivity index (χ2n) is 7.39. The predicted octanol–water partition coefficient (Wildman–Crippen LogP) is 4.05. The average Bonchev–Trinajstić information content (AvgIpc) is 2.69. The maximum Gasteiger partial charge on any atom is 0.243 e.